The van der Waals surface area contributed by atoms with Crippen molar-refractivity contribution in [2.24, 2.45) is 10.3 Å². The Kier molecular flexibility index (Phi) is 5.31. The average molecular weight is 376 g/mol. The lowest BCUT2D eigenvalue weighted by atomic mass is 9.95. The molecule has 0 unspecified atom stereocenters. The number of hydrogen-bond donors (Lipinski definition) is 4. The maximum atomic E-state index is 10.1. The summed E-state index contributed by atoms with van der Waals surface area (Å²) in [5.74, 6) is 0.00883. The van der Waals surface area contributed by atoms with Gasteiger partial charge in [-0.2, -0.15) is 0 Å². The highest BCUT2D eigenvalue weighted by molar-refractivity contribution is 6.16. The van der Waals surface area contributed by atoms with Crippen molar-refractivity contribution >= 4 is 11.4 Å². The summed E-state index contributed by atoms with van der Waals surface area (Å²) in [6.45, 7) is 3.75. The first-order valence-corrected chi connectivity index (χ1v) is 8.59. The molecule has 0 spiro atoms. The summed E-state index contributed by atoms with van der Waals surface area (Å²) in [4.78, 5) is 0. The Balaban J connectivity index is 2.00. The molecule has 0 bridgehead atoms. The zero-order chi connectivity index (χ0) is 20.3. The molecule has 0 aliphatic rings. The van der Waals surface area contributed by atoms with E-state index >= 15 is 0 Å². The Morgan fingerprint density at radius 3 is 1.29 bits per heavy atom. The van der Waals surface area contributed by atoms with Gasteiger partial charge in [-0.25, -0.2) is 0 Å². The van der Waals surface area contributed by atoms with E-state index in [0.717, 1.165) is 11.1 Å². The quantitative estimate of drug-likeness (QED) is 0.311. The molecule has 0 saturated carbocycles. The van der Waals surface area contributed by atoms with Gasteiger partial charge < -0.3 is 20.6 Å². The number of hydrogen-bond acceptors (Lipinski definition) is 6. The minimum atomic E-state index is 0.00442. The molecular formula is C22H20N2O4. The van der Waals surface area contributed by atoms with E-state index in [9.17, 15) is 20.6 Å². The molecule has 142 valence electrons. The molecule has 0 atom stereocenters. The molecule has 3 rings (SSSR count). The van der Waals surface area contributed by atoms with E-state index in [4.69, 9.17) is 0 Å². The zero-order valence-electron chi connectivity index (χ0n) is 15.5. The van der Waals surface area contributed by atoms with Crippen LogP contribution in [-0.2, 0) is 0 Å². The highest BCUT2D eigenvalue weighted by Crippen LogP contribution is 2.25. The molecule has 0 aromatic heterocycles. The van der Waals surface area contributed by atoms with Crippen LogP contribution in [-0.4, -0.2) is 32.1 Å². The smallest absolute Gasteiger partial charge is 0.125 e. The van der Waals surface area contributed by atoms with Gasteiger partial charge >= 0.3 is 0 Å². The standard InChI is InChI=1S/C22H20N2O4/c1-13-3-9-19(25)17(11-13)21(23-27)15-5-7-16(8-6-15)22(24-28)18-12-14(2)4-10-20(18)26/h3-12,25-28H,1-2H3/b23-21-,24-22-. The Morgan fingerprint density at radius 1 is 0.607 bits per heavy atom. The van der Waals surface area contributed by atoms with Crippen LogP contribution in [0.3, 0.4) is 0 Å². The number of nitrogens with zero attached hydrogens (tertiary/aromatic N) is 2. The van der Waals surface area contributed by atoms with Crippen molar-refractivity contribution in [3.05, 3.63) is 94.0 Å². The molecule has 4 N–H and O–H groups in total. The summed E-state index contributed by atoms with van der Waals surface area (Å²) in [7, 11) is 0. The minimum Gasteiger partial charge on any atom is -0.507 e. The van der Waals surface area contributed by atoms with E-state index in [1.165, 1.54) is 0 Å². The maximum absolute atomic E-state index is 10.1. The van der Waals surface area contributed by atoms with E-state index < -0.39 is 0 Å². The van der Waals surface area contributed by atoms with Crippen molar-refractivity contribution in [2.75, 3.05) is 0 Å². The van der Waals surface area contributed by atoms with Crippen molar-refractivity contribution in [3.8, 4) is 11.5 Å². The van der Waals surface area contributed by atoms with Crippen LogP contribution >= 0.6 is 0 Å². The van der Waals surface area contributed by atoms with Gasteiger partial charge in [0.25, 0.3) is 0 Å². The summed E-state index contributed by atoms with van der Waals surface area (Å²) in [6, 6.07) is 16.8. The number of rotatable bonds is 4. The summed E-state index contributed by atoms with van der Waals surface area (Å²) in [5, 5.41) is 45.9. The van der Waals surface area contributed by atoms with Gasteiger partial charge in [-0.15, -0.1) is 0 Å². The van der Waals surface area contributed by atoms with Gasteiger partial charge in [-0.3, -0.25) is 0 Å². The normalized spacial score (nSPS) is 12.2. The van der Waals surface area contributed by atoms with Crippen molar-refractivity contribution in [2.45, 2.75) is 13.8 Å². The van der Waals surface area contributed by atoms with Gasteiger partial charge in [0.2, 0.25) is 0 Å². The number of aryl methyl sites for hydroxylation is 2. The predicted octanol–water partition coefficient (Wildman–Crippen LogP) is 4.17. The summed E-state index contributed by atoms with van der Waals surface area (Å²) >= 11 is 0. The Bertz CT molecular complexity index is 984. The van der Waals surface area contributed by atoms with E-state index in [0.29, 0.717) is 22.3 Å². The van der Waals surface area contributed by atoms with Crippen LogP contribution in [0.4, 0.5) is 0 Å². The molecule has 6 nitrogen and oxygen atoms in total. The fourth-order valence-electron chi connectivity index (χ4n) is 3.00. The molecule has 28 heavy (non-hydrogen) atoms. The van der Waals surface area contributed by atoms with Gasteiger partial charge in [-0.05, 0) is 38.1 Å². The van der Waals surface area contributed by atoms with Crippen LogP contribution in [0, 0.1) is 13.8 Å². The lowest BCUT2D eigenvalue weighted by Crippen LogP contribution is -2.07. The molecule has 0 aliphatic carbocycles. The molecule has 0 heterocycles. The number of oxime groups is 2. The van der Waals surface area contributed by atoms with E-state index in [-0.39, 0.29) is 22.9 Å². The number of aromatic hydroxyl groups is 2. The molecule has 0 fully saturated rings. The van der Waals surface area contributed by atoms with Crippen LogP contribution in [0.15, 0.2) is 71.0 Å². The van der Waals surface area contributed by atoms with Crippen molar-refractivity contribution < 1.29 is 20.6 Å². The molecule has 0 radical (unpaired) electrons. The summed E-state index contributed by atoms with van der Waals surface area (Å²) in [5.41, 5.74) is 4.20. The third-order valence-corrected chi connectivity index (χ3v) is 4.45. The van der Waals surface area contributed by atoms with E-state index in [1.807, 2.05) is 13.8 Å². The Morgan fingerprint density at radius 2 is 0.964 bits per heavy atom. The fraction of sp³-hybridized carbons (Fsp3) is 0.0909. The molecular weight excluding hydrogens is 356 g/mol. The average Bonchev–Trinajstić information content (AvgIpc) is 2.69. The second-order valence-electron chi connectivity index (χ2n) is 6.52. The fourth-order valence-corrected chi connectivity index (χ4v) is 3.00. The van der Waals surface area contributed by atoms with Gasteiger partial charge in [0, 0.05) is 22.3 Å². The van der Waals surface area contributed by atoms with Crippen LogP contribution < -0.4 is 0 Å². The highest BCUT2D eigenvalue weighted by atomic mass is 16.4. The van der Waals surface area contributed by atoms with Crippen LogP contribution in [0.5, 0.6) is 11.5 Å². The summed E-state index contributed by atoms with van der Waals surface area (Å²) < 4.78 is 0. The van der Waals surface area contributed by atoms with Crippen LogP contribution in [0.2, 0.25) is 0 Å². The number of phenols is 2. The topological polar surface area (TPSA) is 106 Å². The van der Waals surface area contributed by atoms with Crippen molar-refractivity contribution in [1.29, 1.82) is 0 Å². The van der Waals surface area contributed by atoms with Gasteiger partial charge in [0.15, 0.2) is 0 Å². The largest absolute Gasteiger partial charge is 0.507 e. The molecule has 0 amide bonds. The lowest BCUT2D eigenvalue weighted by Gasteiger charge is -2.11. The molecule has 3 aromatic rings. The molecule has 6 heteroatoms. The van der Waals surface area contributed by atoms with E-state index in [2.05, 4.69) is 10.3 Å². The number of benzene rings is 3. The lowest BCUT2D eigenvalue weighted by molar-refractivity contribution is 0.319. The minimum absolute atomic E-state index is 0.00442. The van der Waals surface area contributed by atoms with Crippen LogP contribution in [0.1, 0.15) is 33.4 Å². The predicted molar refractivity (Wildman–Crippen MR) is 107 cm³/mol. The van der Waals surface area contributed by atoms with Gasteiger partial charge in [0.1, 0.15) is 22.9 Å². The second kappa shape index (κ2) is 7.84. The number of phenolic OH excluding ortho intramolecular Hbond substituents is 2. The SMILES string of the molecule is Cc1ccc(O)c(/C(=N\O)c2ccc(/C(=N/O)c3cc(C)ccc3O)cc2)c1. The second-order valence-corrected chi connectivity index (χ2v) is 6.52. The van der Waals surface area contributed by atoms with E-state index in [1.54, 1.807) is 60.7 Å². The first kappa shape index (κ1) is 19.0. The molecule has 0 saturated heterocycles. The third-order valence-electron chi connectivity index (χ3n) is 4.45. The molecule has 3 aromatic carbocycles. The Labute approximate surface area is 162 Å². The van der Waals surface area contributed by atoms with Gasteiger partial charge in [-0.1, -0.05) is 57.8 Å². The van der Waals surface area contributed by atoms with Gasteiger partial charge in [0.05, 0.1) is 0 Å². The Hall–Kier alpha value is -3.80. The summed E-state index contributed by atoms with van der Waals surface area (Å²) in [6.07, 6.45) is 0. The first-order valence-electron chi connectivity index (χ1n) is 8.59. The first-order chi connectivity index (χ1) is 13.4. The third kappa shape index (κ3) is 3.66. The monoisotopic (exact) mass is 376 g/mol. The molecule has 0 aliphatic heterocycles. The van der Waals surface area contributed by atoms with Crippen molar-refractivity contribution in [1.82, 2.24) is 0 Å². The van der Waals surface area contributed by atoms with Crippen molar-refractivity contribution in [3.63, 3.8) is 0 Å². The maximum Gasteiger partial charge on any atom is 0.125 e. The highest BCUT2D eigenvalue weighted by Gasteiger charge is 2.16. The zero-order valence-corrected chi connectivity index (χ0v) is 15.5. The van der Waals surface area contributed by atoms with Crippen LogP contribution in [0.25, 0.3) is 0 Å².